The number of carbonyl (C=O) groups is 1. The zero-order valence-electron chi connectivity index (χ0n) is 16.0. The van der Waals surface area contributed by atoms with Crippen molar-refractivity contribution in [2.75, 3.05) is 25.0 Å². The number of anilines is 1. The fourth-order valence-corrected chi connectivity index (χ4v) is 3.84. The Morgan fingerprint density at radius 3 is 2.93 bits per heavy atom. The Morgan fingerprint density at radius 1 is 1.32 bits per heavy atom. The van der Waals surface area contributed by atoms with Gasteiger partial charge < -0.3 is 20.9 Å². The van der Waals surface area contributed by atoms with E-state index in [9.17, 15) is 9.59 Å². The van der Waals surface area contributed by atoms with Gasteiger partial charge in [0.2, 0.25) is 0 Å². The van der Waals surface area contributed by atoms with Crippen LogP contribution in [0.3, 0.4) is 0 Å². The molecule has 2 amide bonds. The number of amides is 2. The average molecular weight is 382 g/mol. The largest absolute Gasteiger partial charge is 0.338 e. The number of fused-ring (bicyclic) bond motifs is 3. The van der Waals surface area contributed by atoms with Crippen LogP contribution < -0.4 is 21.5 Å². The third kappa shape index (κ3) is 3.60. The second kappa shape index (κ2) is 8.02. The zero-order valence-corrected chi connectivity index (χ0v) is 16.0. The van der Waals surface area contributed by atoms with Gasteiger partial charge in [-0.3, -0.25) is 4.79 Å². The molecule has 0 aliphatic carbocycles. The van der Waals surface area contributed by atoms with Crippen molar-refractivity contribution in [1.82, 2.24) is 25.2 Å². The SMILES string of the molecule is CCCCNC(=O)Nc1cccc2nn3c(C4CCNCC4)cc(=O)[nH]c3c12. The van der Waals surface area contributed by atoms with Gasteiger partial charge in [0.1, 0.15) is 5.65 Å². The van der Waals surface area contributed by atoms with Crippen molar-refractivity contribution in [2.24, 2.45) is 0 Å². The van der Waals surface area contributed by atoms with Gasteiger partial charge in [-0.1, -0.05) is 19.4 Å². The number of benzene rings is 1. The molecule has 0 atom stereocenters. The van der Waals surface area contributed by atoms with Crippen LogP contribution in [-0.4, -0.2) is 40.3 Å². The van der Waals surface area contributed by atoms with Crippen molar-refractivity contribution in [2.45, 2.75) is 38.5 Å². The van der Waals surface area contributed by atoms with Gasteiger partial charge in [-0.25, -0.2) is 9.31 Å². The summed E-state index contributed by atoms with van der Waals surface area (Å²) >= 11 is 0. The van der Waals surface area contributed by atoms with Crippen LogP contribution in [0.2, 0.25) is 0 Å². The fourth-order valence-electron chi connectivity index (χ4n) is 3.84. The second-order valence-corrected chi connectivity index (χ2v) is 7.28. The third-order valence-corrected chi connectivity index (χ3v) is 5.29. The Balaban J connectivity index is 1.76. The van der Waals surface area contributed by atoms with E-state index in [2.05, 4.69) is 27.9 Å². The van der Waals surface area contributed by atoms with Crippen LogP contribution in [0.15, 0.2) is 29.1 Å². The van der Waals surface area contributed by atoms with Gasteiger partial charge in [0.15, 0.2) is 0 Å². The van der Waals surface area contributed by atoms with Crippen LogP contribution in [0.4, 0.5) is 10.5 Å². The molecule has 28 heavy (non-hydrogen) atoms. The van der Waals surface area contributed by atoms with Crippen LogP contribution >= 0.6 is 0 Å². The number of nitrogens with zero attached hydrogens (tertiary/aromatic N) is 2. The van der Waals surface area contributed by atoms with Gasteiger partial charge >= 0.3 is 6.03 Å². The van der Waals surface area contributed by atoms with Crippen molar-refractivity contribution < 1.29 is 4.79 Å². The van der Waals surface area contributed by atoms with Gasteiger partial charge in [0.25, 0.3) is 5.56 Å². The molecule has 1 aliphatic heterocycles. The topological polar surface area (TPSA) is 103 Å². The number of hydrogen-bond donors (Lipinski definition) is 4. The number of hydrogen-bond acceptors (Lipinski definition) is 4. The maximum absolute atomic E-state index is 12.4. The van der Waals surface area contributed by atoms with E-state index in [1.165, 1.54) is 0 Å². The summed E-state index contributed by atoms with van der Waals surface area (Å²) in [7, 11) is 0. The average Bonchev–Trinajstić information content (AvgIpc) is 3.07. The summed E-state index contributed by atoms with van der Waals surface area (Å²) in [6.45, 7) is 4.58. The molecule has 3 aromatic rings. The first-order valence-corrected chi connectivity index (χ1v) is 9.97. The minimum absolute atomic E-state index is 0.148. The summed E-state index contributed by atoms with van der Waals surface area (Å²) in [5, 5.41) is 14.6. The van der Waals surface area contributed by atoms with E-state index >= 15 is 0 Å². The highest BCUT2D eigenvalue weighted by Crippen LogP contribution is 2.30. The minimum Gasteiger partial charge on any atom is -0.338 e. The zero-order chi connectivity index (χ0) is 19.5. The molecule has 0 spiro atoms. The number of H-pyrrole nitrogens is 1. The second-order valence-electron chi connectivity index (χ2n) is 7.28. The highest BCUT2D eigenvalue weighted by Gasteiger charge is 2.21. The van der Waals surface area contributed by atoms with Crippen molar-refractivity contribution in [1.29, 1.82) is 0 Å². The summed E-state index contributed by atoms with van der Waals surface area (Å²) in [5.74, 6) is 0.286. The monoisotopic (exact) mass is 382 g/mol. The predicted molar refractivity (Wildman–Crippen MR) is 110 cm³/mol. The number of urea groups is 1. The first-order chi connectivity index (χ1) is 13.7. The molecule has 0 unspecified atom stereocenters. The molecule has 4 N–H and O–H groups in total. The highest BCUT2D eigenvalue weighted by atomic mass is 16.2. The first-order valence-electron chi connectivity index (χ1n) is 9.97. The van der Waals surface area contributed by atoms with E-state index < -0.39 is 0 Å². The lowest BCUT2D eigenvalue weighted by atomic mass is 9.94. The molecule has 1 aromatic carbocycles. The lowest BCUT2D eigenvalue weighted by Gasteiger charge is -2.23. The Hall–Kier alpha value is -2.87. The Bertz CT molecular complexity index is 1050. The van der Waals surface area contributed by atoms with Crippen LogP contribution in [0.1, 0.15) is 44.2 Å². The first kappa shape index (κ1) is 18.5. The predicted octanol–water partition coefficient (Wildman–Crippen LogP) is 2.56. The number of aromatic amines is 1. The van der Waals surface area contributed by atoms with Gasteiger partial charge in [0, 0.05) is 18.5 Å². The summed E-state index contributed by atoms with van der Waals surface area (Å²) in [6, 6.07) is 6.99. The lowest BCUT2D eigenvalue weighted by molar-refractivity contribution is 0.252. The molecule has 0 radical (unpaired) electrons. The lowest BCUT2D eigenvalue weighted by Crippen LogP contribution is -2.29. The molecule has 1 saturated heterocycles. The van der Waals surface area contributed by atoms with Crippen molar-refractivity contribution in [3.05, 3.63) is 40.3 Å². The molecular weight excluding hydrogens is 356 g/mol. The summed E-state index contributed by atoms with van der Waals surface area (Å²) in [6.07, 6.45) is 3.89. The van der Waals surface area contributed by atoms with Crippen molar-refractivity contribution in [3.63, 3.8) is 0 Å². The molecule has 148 valence electrons. The molecule has 8 heteroatoms. The van der Waals surface area contributed by atoms with E-state index in [1.807, 2.05) is 22.7 Å². The molecule has 0 saturated carbocycles. The van der Waals surface area contributed by atoms with Crippen LogP contribution in [0, 0.1) is 0 Å². The summed E-state index contributed by atoms with van der Waals surface area (Å²) < 4.78 is 1.84. The Kier molecular flexibility index (Phi) is 5.29. The molecule has 1 aliphatic rings. The fraction of sp³-hybridized carbons (Fsp3) is 0.450. The molecule has 8 nitrogen and oxygen atoms in total. The summed E-state index contributed by atoms with van der Waals surface area (Å²) in [4.78, 5) is 27.5. The van der Waals surface area contributed by atoms with Gasteiger partial charge in [-0.2, -0.15) is 5.10 Å². The van der Waals surface area contributed by atoms with Gasteiger partial charge in [-0.05, 0) is 44.5 Å². The van der Waals surface area contributed by atoms with E-state index in [1.54, 1.807) is 6.07 Å². The highest BCUT2D eigenvalue weighted by molar-refractivity contribution is 6.07. The maximum Gasteiger partial charge on any atom is 0.319 e. The molecule has 0 bridgehead atoms. The van der Waals surface area contributed by atoms with Crippen LogP contribution in [0.5, 0.6) is 0 Å². The van der Waals surface area contributed by atoms with Crippen LogP contribution in [0.25, 0.3) is 16.6 Å². The minimum atomic E-state index is -0.253. The number of carbonyl (C=O) groups excluding carboxylic acids is 1. The Labute approximate surface area is 162 Å². The molecule has 3 heterocycles. The molecule has 4 rings (SSSR count). The summed E-state index contributed by atoms with van der Waals surface area (Å²) in [5.41, 5.74) is 2.78. The smallest absolute Gasteiger partial charge is 0.319 e. The van der Waals surface area contributed by atoms with Gasteiger partial charge in [-0.15, -0.1) is 0 Å². The van der Waals surface area contributed by atoms with Crippen molar-refractivity contribution >= 4 is 28.3 Å². The normalized spacial score (nSPS) is 15.2. The molecule has 1 fully saturated rings. The van der Waals surface area contributed by atoms with E-state index in [0.717, 1.165) is 55.4 Å². The number of piperidine rings is 1. The van der Waals surface area contributed by atoms with Crippen LogP contribution in [-0.2, 0) is 0 Å². The number of aromatic nitrogens is 3. The van der Waals surface area contributed by atoms with Crippen molar-refractivity contribution in [3.8, 4) is 0 Å². The molecular formula is C20H26N6O2. The number of unbranched alkanes of at least 4 members (excludes halogenated alkanes) is 1. The van der Waals surface area contributed by atoms with E-state index in [-0.39, 0.29) is 17.5 Å². The maximum atomic E-state index is 12.4. The van der Waals surface area contributed by atoms with E-state index in [4.69, 9.17) is 5.10 Å². The van der Waals surface area contributed by atoms with E-state index in [0.29, 0.717) is 17.9 Å². The third-order valence-electron chi connectivity index (χ3n) is 5.29. The molecule has 2 aromatic heterocycles. The number of rotatable bonds is 5. The number of nitrogens with one attached hydrogen (secondary N) is 4. The Morgan fingerprint density at radius 2 is 2.14 bits per heavy atom. The van der Waals surface area contributed by atoms with Gasteiger partial charge in [0.05, 0.1) is 22.3 Å². The quantitative estimate of drug-likeness (QED) is 0.509. The standard InChI is InChI=1S/C20H26N6O2/c1-2-3-9-22-20(28)23-14-5-4-6-15-18(14)19-24-17(27)12-16(26(19)25-15)13-7-10-21-11-8-13/h4-6,12-13,21H,2-3,7-11H2,1H3,(H,24,27)(H2,22,23,28).